The molecule has 1 heterocycles. The van der Waals surface area contributed by atoms with Crippen LogP contribution in [0.2, 0.25) is 5.02 Å². The van der Waals surface area contributed by atoms with Crippen LogP contribution in [0.25, 0.3) is 5.69 Å². The molecular weight excluding hydrogens is 481 g/mol. The van der Waals surface area contributed by atoms with Gasteiger partial charge in [0.25, 0.3) is 11.6 Å². The van der Waals surface area contributed by atoms with Gasteiger partial charge < -0.3 is 5.32 Å². The van der Waals surface area contributed by atoms with Crippen LogP contribution < -0.4 is 5.32 Å². The molecule has 172 valence electrons. The van der Waals surface area contributed by atoms with E-state index in [1.165, 1.54) is 36.0 Å². The molecule has 0 unspecified atom stereocenters. The van der Waals surface area contributed by atoms with Crippen LogP contribution in [-0.4, -0.2) is 25.6 Å². The Morgan fingerprint density at radius 1 is 1.03 bits per heavy atom. The molecule has 3 aromatic carbocycles. The van der Waals surface area contributed by atoms with Crippen molar-refractivity contribution in [1.29, 1.82) is 0 Å². The molecule has 8 nitrogen and oxygen atoms in total. The maximum absolute atomic E-state index is 13.2. The van der Waals surface area contributed by atoms with Crippen molar-refractivity contribution < 1.29 is 14.1 Å². The lowest BCUT2D eigenvalue weighted by atomic mass is 10.2. The number of nitro groups is 1. The summed E-state index contributed by atoms with van der Waals surface area (Å²) in [4.78, 5) is 23.1. The van der Waals surface area contributed by atoms with Gasteiger partial charge in [0.1, 0.15) is 5.82 Å². The summed E-state index contributed by atoms with van der Waals surface area (Å²) in [6.45, 7) is 0.0720. The highest BCUT2D eigenvalue weighted by molar-refractivity contribution is 7.98. The van der Waals surface area contributed by atoms with E-state index in [4.69, 9.17) is 11.6 Å². The standard InChI is InChI=1S/C23H17ClFN5O3S/c24-17-5-3-16(4-6-17)22(31)26-13-21-27-28-23(34-14-15-1-7-18(25)8-2-15)29(21)19-9-11-20(12-10-19)30(32)33/h1-12H,13-14H2,(H,26,31). The SMILES string of the molecule is O=C(NCc1nnc(SCc2ccc(F)cc2)n1-c1ccc([N+](=O)[O-])cc1)c1ccc(Cl)cc1. The number of nitrogens with one attached hydrogen (secondary N) is 1. The van der Waals surface area contributed by atoms with Crippen LogP contribution in [0.4, 0.5) is 10.1 Å². The van der Waals surface area contributed by atoms with Crippen molar-refractivity contribution in [3.8, 4) is 5.69 Å². The van der Waals surface area contributed by atoms with Crippen LogP contribution in [0.1, 0.15) is 21.7 Å². The fourth-order valence-corrected chi connectivity index (χ4v) is 4.13. The fourth-order valence-electron chi connectivity index (χ4n) is 3.08. The Labute approximate surface area is 202 Å². The van der Waals surface area contributed by atoms with Gasteiger partial charge in [0.05, 0.1) is 11.5 Å². The summed E-state index contributed by atoms with van der Waals surface area (Å²) in [7, 11) is 0. The molecule has 0 radical (unpaired) electrons. The first-order valence-electron chi connectivity index (χ1n) is 10.0. The highest BCUT2D eigenvalue weighted by Gasteiger charge is 2.17. The number of hydrogen-bond acceptors (Lipinski definition) is 6. The van der Waals surface area contributed by atoms with Crippen LogP contribution in [0.3, 0.4) is 0 Å². The largest absolute Gasteiger partial charge is 0.345 e. The molecule has 0 saturated heterocycles. The first-order valence-corrected chi connectivity index (χ1v) is 11.4. The predicted octanol–water partition coefficient (Wildman–Crippen LogP) is 5.19. The third kappa shape index (κ3) is 5.59. The normalized spacial score (nSPS) is 10.8. The Bertz CT molecular complexity index is 1310. The average Bonchev–Trinajstić information content (AvgIpc) is 3.25. The number of rotatable bonds is 8. The topological polar surface area (TPSA) is 103 Å². The van der Waals surface area contributed by atoms with Crippen molar-refractivity contribution in [1.82, 2.24) is 20.1 Å². The summed E-state index contributed by atoms with van der Waals surface area (Å²) in [5.74, 6) is 0.317. The molecule has 1 N–H and O–H groups in total. The number of amides is 1. The third-order valence-electron chi connectivity index (χ3n) is 4.81. The second kappa shape index (κ2) is 10.4. The number of non-ortho nitro benzene ring substituents is 1. The number of carbonyl (C=O) groups is 1. The van der Waals surface area contributed by atoms with E-state index >= 15 is 0 Å². The maximum atomic E-state index is 13.2. The van der Waals surface area contributed by atoms with E-state index in [0.717, 1.165) is 5.56 Å². The lowest BCUT2D eigenvalue weighted by Gasteiger charge is -2.11. The highest BCUT2D eigenvalue weighted by Crippen LogP contribution is 2.26. The van der Waals surface area contributed by atoms with E-state index in [1.54, 1.807) is 53.1 Å². The van der Waals surface area contributed by atoms with Gasteiger partial charge in [0.2, 0.25) is 0 Å². The minimum absolute atomic E-state index is 0.0464. The molecule has 0 fully saturated rings. The van der Waals surface area contributed by atoms with Crippen LogP contribution in [0, 0.1) is 15.9 Å². The number of thioether (sulfide) groups is 1. The van der Waals surface area contributed by atoms with Crippen molar-refractivity contribution in [3.05, 3.63) is 111 Å². The molecular formula is C23H17ClFN5O3S. The minimum Gasteiger partial charge on any atom is -0.345 e. The number of benzene rings is 3. The fraction of sp³-hybridized carbons (Fsp3) is 0.0870. The zero-order valence-electron chi connectivity index (χ0n) is 17.5. The van der Waals surface area contributed by atoms with E-state index in [-0.39, 0.29) is 24.0 Å². The van der Waals surface area contributed by atoms with Gasteiger partial charge in [-0.3, -0.25) is 19.5 Å². The van der Waals surface area contributed by atoms with Crippen molar-refractivity contribution in [2.75, 3.05) is 0 Å². The van der Waals surface area contributed by atoms with E-state index in [9.17, 15) is 19.3 Å². The molecule has 1 amide bonds. The second-order valence-corrected chi connectivity index (χ2v) is 8.49. The van der Waals surface area contributed by atoms with Gasteiger partial charge in [-0.05, 0) is 54.1 Å². The first-order chi connectivity index (χ1) is 16.4. The van der Waals surface area contributed by atoms with Crippen LogP contribution in [0.5, 0.6) is 0 Å². The molecule has 0 atom stereocenters. The number of carbonyl (C=O) groups excluding carboxylic acids is 1. The summed E-state index contributed by atoms with van der Waals surface area (Å²) in [6.07, 6.45) is 0. The zero-order chi connectivity index (χ0) is 24.1. The lowest BCUT2D eigenvalue weighted by molar-refractivity contribution is -0.384. The molecule has 4 aromatic rings. The predicted molar refractivity (Wildman–Crippen MR) is 127 cm³/mol. The molecule has 11 heteroatoms. The van der Waals surface area contributed by atoms with E-state index in [2.05, 4.69) is 15.5 Å². The molecule has 1 aromatic heterocycles. The van der Waals surface area contributed by atoms with E-state index < -0.39 is 4.92 Å². The molecule has 0 spiro atoms. The molecule has 0 aliphatic carbocycles. The quantitative estimate of drug-likeness (QED) is 0.204. The van der Waals surface area contributed by atoms with Crippen molar-refractivity contribution in [3.63, 3.8) is 0 Å². The lowest BCUT2D eigenvalue weighted by Crippen LogP contribution is -2.24. The van der Waals surface area contributed by atoms with E-state index in [1.807, 2.05) is 0 Å². The monoisotopic (exact) mass is 497 g/mol. The van der Waals surface area contributed by atoms with Gasteiger partial charge in [-0.1, -0.05) is 35.5 Å². The average molecular weight is 498 g/mol. The Hall–Kier alpha value is -3.76. The number of halogens is 2. The first kappa shape index (κ1) is 23.4. The third-order valence-corrected chi connectivity index (χ3v) is 6.07. The van der Waals surface area contributed by atoms with Gasteiger partial charge in [0, 0.05) is 34.2 Å². The van der Waals surface area contributed by atoms with Crippen molar-refractivity contribution in [2.24, 2.45) is 0 Å². The number of aromatic nitrogens is 3. The number of hydrogen-bond donors (Lipinski definition) is 1. The maximum Gasteiger partial charge on any atom is 0.269 e. The van der Waals surface area contributed by atoms with Gasteiger partial charge in [-0.2, -0.15) is 0 Å². The Morgan fingerprint density at radius 2 is 1.71 bits per heavy atom. The number of nitro benzene ring substituents is 1. The smallest absolute Gasteiger partial charge is 0.269 e. The molecule has 0 bridgehead atoms. The van der Waals surface area contributed by atoms with E-state index in [0.29, 0.717) is 33.0 Å². The van der Waals surface area contributed by atoms with Crippen LogP contribution >= 0.6 is 23.4 Å². The van der Waals surface area contributed by atoms with Crippen LogP contribution in [0.15, 0.2) is 78.0 Å². The molecule has 4 rings (SSSR count). The molecule has 0 aliphatic rings. The Kier molecular flexibility index (Phi) is 7.19. The van der Waals surface area contributed by atoms with Gasteiger partial charge in [-0.25, -0.2) is 4.39 Å². The van der Waals surface area contributed by atoms with Crippen LogP contribution in [-0.2, 0) is 12.3 Å². The molecule has 0 saturated carbocycles. The van der Waals surface area contributed by atoms with Crippen molar-refractivity contribution >= 4 is 35.0 Å². The van der Waals surface area contributed by atoms with Gasteiger partial charge in [-0.15, -0.1) is 10.2 Å². The Balaban J connectivity index is 1.58. The summed E-state index contributed by atoms with van der Waals surface area (Å²) in [5, 5.41) is 23.4. The number of nitrogens with zero attached hydrogens (tertiary/aromatic N) is 4. The summed E-state index contributed by atoms with van der Waals surface area (Å²) in [5.41, 5.74) is 1.89. The summed E-state index contributed by atoms with van der Waals surface area (Å²) < 4.78 is 14.9. The minimum atomic E-state index is -0.479. The summed E-state index contributed by atoms with van der Waals surface area (Å²) >= 11 is 7.25. The molecule has 34 heavy (non-hydrogen) atoms. The molecule has 0 aliphatic heterocycles. The van der Waals surface area contributed by atoms with Gasteiger partial charge >= 0.3 is 0 Å². The Morgan fingerprint density at radius 3 is 2.35 bits per heavy atom. The highest BCUT2D eigenvalue weighted by atomic mass is 35.5. The van der Waals surface area contributed by atoms with Gasteiger partial charge in [0.15, 0.2) is 11.0 Å². The zero-order valence-corrected chi connectivity index (χ0v) is 19.1. The summed E-state index contributed by atoms with van der Waals surface area (Å²) in [6, 6.07) is 18.6. The van der Waals surface area contributed by atoms with Crippen molar-refractivity contribution in [2.45, 2.75) is 17.5 Å². The second-order valence-electron chi connectivity index (χ2n) is 7.11.